The van der Waals surface area contributed by atoms with Crippen molar-refractivity contribution in [2.45, 2.75) is 19.8 Å². The van der Waals surface area contributed by atoms with Crippen molar-refractivity contribution in [1.82, 2.24) is 0 Å². The second-order valence-corrected chi connectivity index (χ2v) is 6.86. The Bertz CT molecular complexity index is 907. The van der Waals surface area contributed by atoms with Gasteiger partial charge in [-0.25, -0.2) is 4.39 Å². The molecule has 1 amide bonds. The molecule has 0 aromatic heterocycles. The zero-order chi connectivity index (χ0) is 19.4. The summed E-state index contributed by atoms with van der Waals surface area (Å²) in [5.74, 6) is -0.482. The molecule has 1 aliphatic heterocycles. The molecule has 0 bridgehead atoms. The third-order valence-electron chi connectivity index (χ3n) is 4.50. The summed E-state index contributed by atoms with van der Waals surface area (Å²) in [7, 11) is 0. The first-order valence-corrected chi connectivity index (χ1v) is 9.03. The minimum absolute atomic E-state index is 0.0118. The van der Waals surface area contributed by atoms with Crippen LogP contribution in [0.2, 0.25) is 0 Å². The summed E-state index contributed by atoms with van der Waals surface area (Å²) in [6.45, 7) is 1.90. The van der Waals surface area contributed by atoms with Gasteiger partial charge in [0.15, 0.2) is 5.11 Å². The smallest absolute Gasteiger partial charge is 0.230 e. The van der Waals surface area contributed by atoms with Crippen LogP contribution in [0, 0.1) is 23.1 Å². The molecule has 0 aliphatic carbocycles. The van der Waals surface area contributed by atoms with Gasteiger partial charge in [0.05, 0.1) is 11.8 Å². The fourth-order valence-corrected chi connectivity index (χ4v) is 3.28. The van der Waals surface area contributed by atoms with Crippen LogP contribution in [0.3, 0.4) is 0 Å². The standard InChI is InChI=1S/C20H19FN4OS/c1-13-2-3-14-4-7-17(12-18(14)25(11-10-22)19(13)26)24-20(27)23-16-8-5-15(21)6-9-16/h4-9,12-13H,2-3,11H2,1H3,(H2,23,24,27). The van der Waals surface area contributed by atoms with E-state index in [1.165, 1.54) is 17.0 Å². The minimum atomic E-state index is -0.318. The summed E-state index contributed by atoms with van der Waals surface area (Å²) in [4.78, 5) is 14.1. The topological polar surface area (TPSA) is 68.2 Å². The highest BCUT2D eigenvalue weighted by Crippen LogP contribution is 2.31. The monoisotopic (exact) mass is 382 g/mol. The van der Waals surface area contributed by atoms with Gasteiger partial charge in [-0.3, -0.25) is 9.69 Å². The highest BCUT2D eigenvalue weighted by atomic mass is 32.1. The van der Waals surface area contributed by atoms with Crippen molar-refractivity contribution >= 4 is 40.3 Å². The highest BCUT2D eigenvalue weighted by Gasteiger charge is 2.27. The van der Waals surface area contributed by atoms with E-state index in [1.807, 2.05) is 25.1 Å². The van der Waals surface area contributed by atoms with Crippen LogP contribution in [-0.2, 0) is 11.2 Å². The average molecular weight is 382 g/mol. The quantitative estimate of drug-likeness (QED) is 0.619. The van der Waals surface area contributed by atoms with Crippen LogP contribution < -0.4 is 15.5 Å². The van der Waals surface area contributed by atoms with E-state index >= 15 is 0 Å². The Hall–Kier alpha value is -2.98. The third-order valence-corrected chi connectivity index (χ3v) is 4.70. The molecule has 0 fully saturated rings. The zero-order valence-electron chi connectivity index (χ0n) is 14.8. The van der Waals surface area contributed by atoms with Crippen LogP contribution in [0.15, 0.2) is 42.5 Å². The first kappa shape index (κ1) is 18.8. The van der Waals surface area contributed by atoms with E-state index in [0.29, 0.717) is 16.5 Å². The minimum Gasteiger partial charge on any atom is -0.332 e. The molecule has 0 radical (unpaired) electrons. The van der Waals surface area contributed by atoms with E-state index in [4.69, 9.17) is 17.5 Å². The Morgan fingerprint density at radius 1 is 1.26 bits per heavy atom. The maximum absolute atomic E-state index is 13.0. The van der Waals surface area contributed by atoms with Crippen molar-refractivity contribution < 1.29 is 9.18 Å². The Kier molecular flexibility index (Phi) is 5.67. The van der Waals surface area contributed by atoms with Crippen LogP contribution in [0.1, 0.15) is 18.9 Å². The van der Waals surface area contributed by atoms with Gasteiger partial charge in [-0.05, 0) is 67.0 Å². The Morgan fingerprint density at radius 3 is 2.63 bits per heavy atom. The van der Waals surface area contributed by atoms with Crippen molar-refractivity contribution in [2.24, 2.45) is 5.92 Å². The molecule has 7 heteroatoms. The lowest BCUT2D eigenvalue weighted by molar-refractivity contribution is -0.121. The van der Waals surface area contributed by atoms with Gasteiger partial charge in [0, 0.05) is 17.3 Å². The predicted molar refractivity (Wildman–Crippen MR) is 108 cm³/mol. The molecule has 2 N–H and O–H groups in total. The van der Waals surface area contributed by atoms with Crippen molar-refractivity contribution in [3.63, 3.8) is 0 Å². The number of hydrogen-bond donors (Lipinski definition) is 2. The summed E-state index contributed by atoms with van der Waals surface area (Å²) in [5.41, 5.74) is 3.14. The van der Waals surface area contributed by atoms with Crippen molar-refractivity contribution in [3.05, 3.63) is 53.8 Å². The fourth-order valence-electron chi connectivity index (χ4n) is 3.04. The molecule has 1 atom stereocenters. The molecule has 1 unspecified atom stereocenters. The van der Waals surface area contributed by atoms with E-state index in [0.717, 1.165) is 24.1 Å². The van der Waals surface area contributed by atoms with Crippen LogP contribution in [0.5, 0.6) is 0 Å². The lowest BCUT2D eigenvalue weighted by Gasteiger charge is -2.22. The molecule has 0 spiro atoms. The number of hydrogen-bond acceptors (Lipinski definition) is 3. The number of halogens is 1. The number of fused-ring (bicyclic) bond motifs is 1. The molecular weight excluding hydrogens is 363 g/mol. The fraction of sp³-hybridized carbons (Fsp3) is 0.250. The summed E-state index contributed by atoms with van der Waals surface area (Å²) in [5, 5.41) is 15.5. The molecule has 1 aliphatic rings. The summed E-state index contributed by atoms with van der Waals surface area (Å²) < 4.78 is 13.0. The normalized spacial score (nSPS) is 16.1. The molecule has 2 aromatic carbocycles. The van der Waals surface area contributed by atoms with Gasteiger partial charge in [0.2, 0.25) is 5.91 Å². The Balaban J connectivity index is 1.80. The maximum atomic E-state index is 13.0. The Morgan fingerprint density at radius 2 is 1.93 bits per heavy atom. The van der Waals surface area contributed by atoms with E-state index in [1.54, 1.807) is 12.1 Å². The second-order valence-electron chi connectivity index (χ2n) is 6.45. The first-order chi connectivity index (χ1) is 13.0. The van der Waals surface area contributed by atoms with Gasteiger partial charge in [-0.15, -0.1) is 0 Å². The van der Waals surface area contributed by atoms with Crippen LogP contribution in [0.25, 0.3) is 0 Å². The number of anilines is 3. The largest absolute Gasteiger partial charge is 0.332 e. The summed E-state index contributed by atoms with van der Waals surface area (Å²) in [6, 6.07) is 13.6. The van der Waals surface area contributed by atoms with Gasteiger partial charge < -0.3 is 10.6 Å². The summed E-state index contributed by atoms with van der Waals surface area (Å²) >= 11 is 5.31. The van der Waals surface area contributed by atoms with Crippen molar-refractivity contribution in [3.8, 4) is 6.07 Å². The molecular formula is C20H19FN4OS. The molecule has 138 valence electrons. The Labute approximate surface area is 162 Å². The molecule has 3 rings (SSSR count). The SMILES string of the molecule is CC1CCc2ccc(NC(=S)Nc3ccc(F)cc3)cc2N(CC#N)C1=O. The molecule has 1 heterocycles. The number of nitriles is 1. The van der Waals surface area contributed by atoms with Crippen molar-refractivity contribution in [1.29, 1.82) is 5.26 Å². The number of nitrogens with zero attached hydrogens (tertiary/aromatic N) is 2. The molecule has 0 saturated heterocycles. The third kappa shape index (κ3) is 4.41. The number of thiocarbonyl (C=S) groups is 1. The highest BCUT2D eigenvalue weighted by molar-refractivity contribution is 7.80. The maximum Gasteiger partial charge on any atom is 0.230 e. The average Bonchev–Trinajstić information content (AvgIpc) is 2.76. The lowest BCUT2D eigenvalue weighted by Crippen LogP contribution is -2.34. The summed E-state index contributed by atoms with van der Waals surface area (Å²) in [6.07, 6.45) is 1.54. The van der Waals surface area contributed by atoms with Gasteiger partial charge in [0.1, 0.15) is 12.4 Å². The van der Waals surface area contributed by atoms with E-state index < -0.39 is 0 Å². The second kappa shape index (κ2) is 8.14. The van der Waals surface area contributed by atoms with E-state index in [2.05, 4.69) is 16.7 Å². The molecule has 2 aromatic rings. The first-order valence-electron chi connectivity index (χ1n) is 8.63. The van der Waals surface area contributed by atoms with Crippen LogP contribution in [-0.4, -0.2) is 17.6 Å². The van der Waals surface area contributed by atoms with Gasteiger partial charge in [-0.2, -0.15) is 5.26 Å². The van der Waals surface area contributed by atoms with Crippen LogP contribution in [0.4, 0.5) is 21.5 Å². The number of carbonyl (C=O) groups is 1. The number of carbonyl (C=O) groups excluding carboxylic acids is 1. The molecule has 5 nitrogen and oxygen atoms in total. The number of rotatable bonds is 3. The number of aryl methyl sites for hydroxylation is 1. The predicted octanol–water partition coefficient (Wildman–Crippen LogP) is 4.07. The van der Waals surface area contributed by atoms with Gasteiger partial charge in [0.25, 0.3) is 0 Å². The molecule has 27 heavy (non-hydrogen) atoms. The lowest BCUT2D eigenvalue weighted by atomic mass is 10.0. The van der Waals surface area contributed by atoms with Gasteiger partial charge >= 0.3 is 0 Å². The zero-order valence-corrected chi connectivity index (χ0v) is 15.6. The molecule has 0 saturated carbocycles. The number of benzene rings is 2. The number of amides is 1. The van der Waals surface area contributed by atoms with Crippen molar-refractivity contribution in [2.75, 3.05) is 22.1 Å². The van der Waals surface area contributed by atoms with Crippen LogP contribution >= 0.6 is 12.2 Å². The van der Waals surface area contributed by atoms with Gasteiger partial charge in [-0.1, -0.05) is 13.0 Å². The van der Waals surface area contributed by atoms with E-state index in [-0.39, 0.29) is 24.2 Å². The number of nitrogens with one attached hydrogen (secondary N) is 2. The van der Waals surface area contributed by atoms with E-state index in [9.17, 15) is 9.18 Å².